The molecule has 0 aliphatic heterocycles. The Bertz CT molecular complexity index is 72.7. The van der Waals surface area contributed by atoms with Crippen LogP contribution in [0.15, 0.2) is 0 Å². The maximum atomic E-state index is 8.53. The van der Waals surface area contributed by atoms with Crippen LogP contribution in [0.3, 0.4) is 0 Å². The number of hydrogen-bond donors (Lipinski definition) is 10. The van der Waals surface area contributed by atoms with E-state index in [0.29, 0.717) is 0 Å². The minimum Gasteiger partial charge on any atom is -1.00 e. The first-order valence-electron chi connectivity index (χ1n) is 3.05. The fourth-order valence-electron chi connectivity index (χ4n) is 0. The van der Waals surface area contributed by atoms with Gasteiger partial charge in [0.1, 0.15) is 0 Å². The molecule has 0 bridgehead atoms. The summed E-state index contributed by atoms with van der Waals surface area (Å²) in [5.74, 6) is 0. The van der Waals surface area contributed by atoms with Crippen molar-refractivity contribution in [2.24, 2.45) is 0 Å². The molecule has 0 atom stereocenters. The third-order valence-electron chi connectivity index (χ3n) is 0. The molecule has 0 aromatic carbocycles. The average molecular weight is 344 g/mol. The third-order valence-corrected chi connectivity index (χ3v) is 0. The summed E-state index contributed by atoms with van der Waals surface area (Å²) in [6, 6.07) is 0. The minimum atomic E-state index is -2.67. The molecule has 12 nitrogen and oxygen atoms in total. The van der Waals surface area contributed by atoms with Crippen LogP contribution in [-0.2, 0) is 0 Å². The first-order chi connectivity index (χ1) is 6.93. The number of rotatable bonds is 0. The summed E-state index contributed by atoms with van der Waals surface area (Å²) in [4.78, 5) is 0. The van der Waals surface area contributed by atoms with Gasteiger partial charge in [-0.3, -0.25) is 0 Å². The van der Waals surface area contributed by atoms with Crippen molar-refractivity contribution in [3.63, 3.8) is 0 Å². The summed E-state index contributed by atoms with van der Waals surface area (Å²) in [6.45, 7) is 0. The van der Waals surface area contributed by atoms with Gasteiger partial charge in [0, 0.05) is 0 Å². The molecule has 0 saturated heterocycles. The van der Waals surface area contributed by atoms with Crippen LogP contribution in [0.4, 0.5) is 0 Å². The van der Waals surface area contributed by atoms with E-state index < -0.39 is 29.3 Å². The van der Waals surface area contributed by atoms with Crippen LogP contribution in [0.2, 0.25) is 0 Å². The summed E-state index contributed by atoms with van der Waals surface area (Å²) in [5.41, 5.74) is 0. The number of hydrogen-bond acceptors (Lipinski definition) is 12. The van der Waals surface area contributed by atoms with Crippen LogP contribution in [0.25, 0.3) is 0 Å². The molecule has 0 aromatic rings. The summed E-state index contributed by atoms with van der Waals surface area (Å²) >= 11 is 0. The predicted octanol–water partition coefficient (Wildman–Crippen LogP) is -15.8. The molecule has 19 heavy (non-hydrogen) atoms. The van der Waals surface area contributed by atoms with E-state index in [1.807, 2.05) is 0 Å². The SMILES string of the molecule is OB(O)O.OB(O)O.OB(O)O.[Ca+2].[Cl-].[Na+].[O-]B([O-])O. The van der Waals surface area contributed by atoms with E-state index in [1.54, 1.807) is 0 Å². The van der Waals surface area contributed by atoms with Gasteiger partial charge in [0.25, 0.3) is 0 Å². The van der Waals surface area contributed by atoms with Gasteiger partial charge in [-0.05, 0) is 0 Å². The zero-order valence-electron chi connectivity index (χ0n) is 9.68. The molecule has 0 amide bonds. The Labute approximate surface area is 167 Å². The molecule has 19 heteroatoms. The van der Waals surface area contributed by atoms with Crippen molar-refractivity contribution in [1.29, 1.82) is 0 Å². The van der Waals surface area contributed by atoms with Gasteiger partial charge in [-0.2, -0.15) is 0 Å². The van der Waals surface area contributed by atoms with Crippen molar-refractivity contribution in [2.75, 3.05) is 0 Å². The first kappa shape index (κ1) is 42.9. The van der Waals surface area contributed by atoms with E-state index in [-0.39, 0.29) is 79.7 Å². The van der Waals surface area contributed by atoms with Gasteiger partial charge in [-0.1, -0.05) is 0 Å². The van der Waals surface area contributed by atoms with Crippen LogP contribution in [0, 0.1) is 0 Å². The second kappa shape index (κ2) is 37.0. The van der Waals surface area contributed by atoms with E-state index in [1.165, 1.54) is 0 Å². The maximum Gasteiger partial charge on any atom is 2.00 e. The largest absolute Gasteiger partial charge is 2.00 e. The number of halogens is 1. The monoisotopic (exact) mass is 344 g/mol. The van der Waals surface area contributed by atoms with Gasteiger partial charge in [0.2, 0.25) is 0 Å². The second-order valence-corrected chi connectivity index (χ2v) is 1.35. The summed E-state index contributed by atoms with van der Waals surface area (Å²) in [5, 5.41) is 88.5. The van der Waals surface area contributed by atoms with Crippen molar-refractivity contribution in [1.82, 2.24) is 0 Å². The van der Waals surface area contributed by atoms with Crippen LogP contribution in [0.5, 0.6) is 0 Å². The van der Waals surface area contributed by atoms with Gasteiger partial charge < -0.3 is 72.7 Å². The van der Waals surface area contributed by atoms with Crippen molar-refractivity contribution in [3.05, 3.63) is 0 Å². The molecular formula is H10B4CaClNaO12. The summed E-state index contributed by atoms with van der Waals surface area (Å²) in [6.07, 6.45) is 0. The normalized spacial score (nSPS) is 5.68. The molecule has 0 radical (unpaired) electrons. The molecule has 104 valence electrons. The molecule has 0 aromatic heterocycles. The second-order valence-electron chi connectivity index (χ2n) is 1.35. The van der Waals surface area contributed by atoms with Crippen LogP contribution in [-0.4, -0.2) is 117 Å². The topological polar surface area (TPSA) is 248 Å². The van der Waals surface area contributed by atoms with Crippen LogP contribution < -0.4 is 52.0 Å². The molecule has 0 aliphatic carbocycles. The Hall–Kier alpha value is 2.33. The average Bonchev–Trinajstić information content (AvgIpc) is 1.76. The van der Waals surface area contributed by atoms with Gasteiger partial charge in [-0.15, -0.1) is 0 Å². The van der Waals surface area contributed by atoms with Crippen molar-refractivity contribution < 1.29 is 102 Å². The zero-order chi connectivity index (χ0) is 14.3. The Kier molecular flexibility index (Phi) is 83.6. The molecular weight excluding hydrogens is 334 g/mol. The Balaban J connectivity index is -0.0000000192. The van der Waals surface area contributed by atoms with Crippen LogP contribution in [0.1, 0.15) is 0 Å². The molecule has 0 spiro atoms. The molecule has 0 rings (SSSR count). The third kappa shape index (κ3) is 1260. The molecule has 0 heterocycles. The maximum absolute atomic E-state index is 8.53. The van der Waals surface area contributed by atoms with E-state index in [2.05, 4.69) is 0 Å². The van der Waals surface area contributed by atoms with E-state index in [9.17, 15) is 0 Å². The van der Waals surface area contributed by atoms with E-state index in [4.69, 9.17) is 60.3 Å². The van der Waals surface area contributed by atoms with Gasteiger partial charge in [0.15, 0.2) is 0 Å². The Morgan fingerprint density at radius 2 is 0.526 bits per heavy atom. The van der Waals surface area contributed by atoms with Crippen molar-refractivity contribution in [3.8, 4) is 0 Å². The predicted molar refractivity (Wildman–Crippen MR) is 51.0 cm³/mol. The summed E-state index contributed by atoms with van der Waals surface area (Å²) < 4.78 is 0. The molecule has 0 saturated carbocycles. The fourth-order valence-corrected chi connectivity index (χ4v) is 0. The van der Waals surface area contributed by atoms with Crippen molar-refractivity contribution in [2.45, 2.75) is 0 Å². The molecule has 0 unspecified atom stereocenters. The molecule has 10 N–H and O–H groups in total. The minimum absolute atomic E-state index is 0. The fraction of sp³-hybridized carbons (Fsp3) is 0. The van der Waals surface area contributed by atoms with Gasteiger partial charge in [0.05, 0.1) is 7.32 Å². The summed E-state index contributed by atoms with van der Waals surface area (Å²) in [7, 11) is -9.17. The standard InChI is InChI=1S/3BH3O3.BHO3.Ca.ClH.Na/c4*2-1(3)4;;;/h3*2-4H;2H;;1H;/q;;;-2;+2;;+1/p-1. The molecule has 0 aliphatic rings. The molecule has 0 fully saturated rings. The Morgan fingerprint density at radius 1 is 0.526 bits per heavy atom. The quantitative estimate of drug-likeness (QED) is 0.184. The van der Waals surface area contributed by atoms with Crippen LogP contribution >= 0.6 is 0 Å². The van der Waals surface area contributed by atoms with E-state index in [0.717, 1.165) is 0 Å². The smallest absolute Gasteiger partial charge is 1.00 e. The zero-order valence-corrected chi connectivity index (χ0v) is 14.6. The van der Waals surface area contributed by atoms with Crippen molar-refractivity contribution >= 4 is 67.0 Å². The first-order valence-corrected chi connectivity index (χ1v) is 3.05. The van der Waals surface area contributed by atoms with Gasteiger partial charge >= 0.3 is 89.3 Å². The van der Waals surface area contributed by atoms with Gasteiger partial charge in [-0.25, -0.2) is 0 Å². The van der Waals surface area contributed by atoms with E-state index >= 15 is 0 Å². The Morgan fingerprint density at radius 3 is 0.526 bits per heavy atom.